The van der Waals surface area contributed by atoms with Crippen molar-refractivity contribution in [3.8, 4) is 0 Å². The van der Waals surface area contributed by atoms with E-state index in [1.54, 1.807) is 0 Å². The van der Waals surface area contributed by atoms with E-state index in [1.807, 2.05) is 0 Å². The molecule has 0 saturated heterocycles. The molecule has 2 aromatic heterocycles. The Morgan fingerprint density at radius 1 is 1.50 bits per heavy atom. The van der Waals surface area contributed by atoms with Crippen LogP contribution in [0.2, 0.25) is 0 Å². The summed E-state index contributed by atoms with van der Waals surface area (Å²) in [5.41, 5.74) is -0.00143. The number of hydrogen-bond donors (Lipinski definition) is 1. The lowest BCUT2D eigenvalue weighted by Gasteiger charge is -2.30. The molecule has 0 aromatic carbocycles. The number of anilines is 1. The summed E-state index contributed by atoms with van der Waals surface area (Å²) >= 11 is 1.40. The summed E-state index contributed by atoms with van der Waals surface area (Å²) in [5, 5.41) is 8.40. The maximum atomic E-state index is 11.6. The second-order valence-corrected chi connectivity index (χ2v) is 6.31. The topological polar surface area (TPSA) is 59.3 Å². The van der Waals surface area contributed by atoms with Crippen molar-refractivity contribution < 1.29 is 0 Å². The smallest absolute Gasteiger partial charge is 0.275 e. The Bertz CT molecular complexity index is 596. The zero-order valence-electron chi connectivity index (χ0n) is 11.1. The van der Waals surface area contributed by atoms with Gasteiger partial charge in [0.1, 0.15) is 0 Å². The predicted molar refractivity (Wildman–Crippen MR) is 74.3 cm³/mol. The third-order valence-electron chi connectivity index (χ3n) is 2.92. The first-order chi connectivity index (χ1) is 8.41. The van der Waals surface area contributed by atoms with Crippen LogP contribution in [0.5, 0.6) is 0 Å². The average molecular weight is 266 g/mol. The lowest BCUT2D eigenvalue weighted by molar-refractivity contribution is 0.333. The summed E-state index contributed by atoms with van der Waals surface area (Å²) in [6, 6.07) is 1.73. The first-order valence-corrected chi connectivity index (χ1v) is 6.85. The number of hydrogen-bond acceptors (Lipinski definition) is 5. The Kier molecular flexibility index (Phi) is 3.38. The SMILES string of the molecule is CC[C@H](Nc1nn2c(=O)ccnc2s1)C(C)(C)C. The van der Waals surface area contributed by atoms with E-state index in [0.717, 1.165) is 11.6 Å². The Balaban J connectivity index is 2.32. The van der Waals surface area contributed by atoms with Crippen molar-refractivity contribution in [2.75, 3.05) is 5.32 Å². The highest BCUT2D eigenvalue weighted by atomic mass is 32.1. The normalized spacial score (nSPS) is 13.8. The fourth-order valence-corrected chi connectivity index (χ4v) is 2.71. The minimum atomic E-state index is -0.145. The molecule has 5 nitrogen and oxygen atoms in total. The van der Waals surface area contributed by atoms with Gasteiger partial charge in [-0.3, -0.25) is 4.79 Å². The lowest BCUT2D eigenvalue weighted by atomic mass is 9.85. The standard InChI is InChI=1S/C12H18N4OS/c1-5-8(12(2,3)4)14-10-15-16-9(17)6-7-13-11(16)18-10/h6-8H,5H2,1-4H3,(H,14,15)/t8-/m0/s1. The lowest BCUT2D eigenvalue weighted by Crippen LogP contribution is -2.33. The summed E-state index contributed by atoms with van der Waals surface area (Å²) in [5.74, 6) is 0. The zero-order chi connectivity index (χ0) is 13.3. The number of fused-ring (bicyclic) bond motifs is 1. The fraction of sp³-hybridized carbons (Fsp3) is 0.583. The van der Waals surface area contributed by atoms with E-state index < -0.39 is 0 Å². The van der Waals surface area contributed by atoms with Gasteiger partial charge in [0.15, 0.2) is 0 Å². The van der Waals surface area contributed by atoms with Gasteiger partial charge in [0.2, 0.25) is 10.1 Å². The molecule has 1 N–H and O–H groups in total. The van der Waals surface area contributed by atoms with E-state index in [4.69, 9.17) is 0 Å². The molecule has 0 fully saturated rings. The maximum absolute atomic E-state index is 11.6. The third-order valence-corrected chi connectivity index (χ3v) is 3.78. The number of aromatic nitrogens is 3. The Morgan fingerprint density at radius 2 is 2.22 bits per heavy atom. The molecule has 2 rings (SSSR count). The van der Waals surface area contributed by atoms with E-state index in [9.17, 15) is 4.79 Å². The molecule has 0 aliphatic heterocycles. The Labute approximate surface area is 110 Å². The quantitative estimate of drug-likeness (QED) is 0.926. The monoisotopic (exact) mass is 266 g/mol. The molecule has 0 radical (unpaired) electrons. The summed E-state index contributed by atoms with van der Waals surface area (Å²) in [6.07, 6.45) is 2.52. The van der Waals surface area contributed by atoms with Crippen LogP contribution in [0.25, 0.3) is 4.96 Å². The predicted octanol–water partition coefficient (Wildman–Crippen LogP) is 2.39. The minimum Gasteiger partial charge on any atom is -0.357 e. The van der Waals surface area contributed by atoms with E-state index >= 15 is 0 Å². The molecular weight excluding hydrogens is 248 g/mol. The van der Waals surface area contributed by atoms with E-state index in [0.29, 0.717) is 11.0 Å². The molecule has 18 heavy (non-hydrogen) atoms. The van der Waals surface area contributed by atoms with Gasteiger partial charge in [-0.15, -0.1) is 5.10 Å². The van der Waals surface area contributed by atoms with Crippen LogP contribution >= 0.6 is 11.3 Å². The molecule has 98 valence electrons. The molecule has 0 amide bonds. The van der Waals surface area contributed by atoms with Crippen LogP contribution in [0.4, 0.5) is 5.13 Å². The second-order valence-electron chi connectivity index (χ2n) is 5.36. The van der Waals surface area contributed by atoms with Crippen molar-refractivity contribution >= 4 is 21.4 Å². The Morgan fingerprint density at radius 3 is 2.78 bits per heavy atom. The van der Waals surface area contributed by atoms with Crippen molar-refractivity contribution in [2.45, 2.75) is 40.2 Å². The van der Waals surface area contributed by atoms with Gasteiger partial charge in [0.05, 0.1) is 0 Å². The van der Waals surface area contributed by atoms with Gasteiger partial charge < -0.3 is 5.32 Å². The van der Waals surface area contributed by atoms with E-state index in [2.05, 4.69) is 43.1 Å². The summed E-state index contributed by atoms with van der Waals surface area (Å²) in [7, 11) is 0. The number of nitrogens with zero attached hydrogens (tertiary/aromatic N) is 3. The Hall–Kier alpha value is -1.43. The van der Waals surface area contributed by atoms with E-state index in [1.165, 1.54) is 28.1 Å². The van der Waals surface area contributed by atoms with Gasteiger partial charge in [-0.05, 0) is 11.8 Å². The van der Waals surface area contributed by atoms with E-state index in [-0.39, 0.29) is 11.0 Å². The van der Waals surface area contributed by atoms with Crippen molar-refractivity contribution in [1.82, 2.24) is 14.6 Å². The van der Waals surface area contributed by atoms with Crippen LogP contribution in [0.3, 0.4) is 0 Å². The molecule has 0 spiro atoms. The highest BCUT2D eigenvalue weighted by Crippen LogP contribution is 2.27. The van der Waals surface area contributed by atoms with Crippen molar-refractivity contribution in [2.24, 2.45) is 5.41 Å². The van der Waals surface area contributed by atoms with Crippen molar-refractivity contribution in [1.29, 1.82) is 0 Å². The molecule has 0 bridgehead atoms. The average Bonchev–Trinajstić information content (AvgIpc) is 2.68. The van der Waals surface area contributed by atoms with Gasteiger partial charge in [-0.1, -0.05) is 39.0 Å². The molecule has 0 aliphatic rings. The van der Waals surface area contributed by atoms with Crippen LogP contribution in [0.1, 0.15) is 34.1 Å². The molecule has 2 aromatic rings. The number of nitrogens with one attached hydrogen (secondary N) is 1. The highest BCUT2D eigenvalue weighted by Gasteiger charge is 2.23. The maximum Gasteiger partial charge on any atom is 0.275 e. The first kappa shape index (κ1) is 13.0. The van der Waals surface area contributed by atoms with Gasteiger partial charge in [-0.25, -0.2) is 4.98 Å². The van der Waals surface area contributed by atoms with Crippen molar-refractivity contribution in [3.63, 3.8) is 0 Å². The largest absolute Gasteiger partial charge is 0.357 e. The van der Waals surface area contributed by atoms with Crippen LogP contribution in [0.15, 0.2) is 17.1 Å². The zero-order valence-corrected chi connectivity index (χ0v) is 11.9. The molecule has 0 unspecified atom stereocenters. The second kappa shape index (κ2) is 4.68. The fourth-order valence-electron chi connectivity index (χ4n) is 1.88. The number of rotatable bonds is 3. The van der Waals surface area contributed by atoms with Crippen LogP contribution in [0, 0.1) is 5.41 Å². The minimum absolute atomic E-state index is 0.144. The van der Waals surface area contributed by atoms with Crippen LogP contribution in [-0.4, -0.2) is 20.6 Å². The molecule has 0 saturated carbocycles. The van der Waals surface area contributed by atoms with Crippen LogP contribution < -0.4 is 10.9 Å². The molecular formula is C12H18N4OS. The molecule has 2 heterocycles. The van der Waals surface area contributed by atoms with Gasteiger partial charge in [0.25, 0.3) is 5.56 Å². The van der Waals surface area contributed by atoms with Crippen molar-refractivity contribution in [3.05, 3.63) is 22.6 Å². The van der Waals surface area contributed by atoms with Gasteiger partial charge in [-0.2, -0.15) is 4.52 Å². The summed E-state index contributed by atoms with van der Waals surface area (Å²) < 4.78 is 1.34. The molecule has 6 heteroatoms. The summed E-state index contributed by atoms with van der Waals surface area (Å²) in [6.45, 7) is 8.70. The highest BCUT2D eigenvalue weighted by molar-refractivity contribution is 7.20. The molecule has 1 atom stereocenters. The van der Waals surface area contributed by atoms with Crippen LogP contribution in [-0.2, 0) is 0 Å². The first-order valence-electron chi connectivity index (χ1n) is 6.03. The third kappa shape index (κ3) is 2.53. The van der Waals surface area contributed by atoms with Gasteiger partial charge >= 0.3 is 0 Å². The summed E-state index contributed by atoms with van der Waals surface area (Å²) in [4.78, 5) is 16.3. The van der Waals surface area contributed by atoms with Gasteiger partial charge in [0, 0.05) is 18.3 Å². The molecule has 0 aliphatic carbocycles.